The van der Waals surface area contributed by atoms with Crippen molar-refractivity contribution < 1.29 is 23.4 Å². The van der Waals surface area contributed by atoms with Gasteiger partial charge in [-0.15, -0.1) is 0 Å². The van der Waals surface area contributed by atoms with Crippen molar-refractivity contribution in [3.63, 3.8) is 0 Å². The summed E-state index contributed by atoms with van der Waals surface area (Å²) in [5, 5.41) is 17.6. The average Bonchev–Trinajstić information content (AvgIpc) is 2.28. The third-order valence-electron chi connectivity index (χ3n) is 2.18. The molecule has 0 aliphatic rings. The van der Waals surface area contributed by atoms with Crippen LogP contribution >= 0.6 is 0 Å². The van der Waals surface area contributed by atoms with Gasteiger partial charge >= 0.3 is 5.97 Å². The van der Waals surface area contributed by atoms with Crippen LogP contribution in [0.5, 0.6) is 0 Å². The van der Waals surface area contributed by atoms with E-state index in [-0.39, 0.29) is 17.1 Å². The maximum atomic E-state index is 12.0. The zero-order chi connectivity index (χ0) is 13.9. The van der Waals surface area contributed by atoms with Gasteiger partial charge in [-0.3, -0.25) is 0 Å². The minimum atomic E-state index is -3.81. The molecule has 1 aromatic heterocycles. The largest absolute Gasteiger partial charge is 0.478 e. The number of aliphatic hydroxyl groups is 1. The Hall–Kier alpha value is -1.51. The van der Waals surface area contributed by atoms with E-state index in [2.05, 4.69) is 4.98 Å². The number of carboxylic acids is 1. The fourth-order valence-corrected chi connectivity index (χ4v) is 2.45. The molecule has 2 N–H and O–H groups in total. The fraction of sp³-hybridized carbons (Fsp3) is 0.400. The summed E-state index contributed by atoms with van der Waals surface area (Å²) < 4.78 is 24.9. The number of sulfonamides is 1. The number of rotatable bonds is 5. The Morgan fingerprint density at radius 1 is 1.50 bits per heavy atom. The first-order valence-corrected chi connectivity index (χ1v) is 6.53. The van der Waals surface area contributed by atoms with Crippen molar-refractivity contribution in [1.82, 2.24) is 9.29 Å². The molecular formula is C10H14N2O5S. The number of hydrogen-bond donors (Lipinski definition) is 2. The average molecular weight is 274 g/mol. The van der Waals surface area contributed by atoms with Gasteiger partial charge < -0.3 is 10.2 Å². The van der Waals surface area contributed by atoms with Crippen LogP contribution in [0.3, 0.4) is 0 Å². The second kappa shape index (κ2) is 5.42. The molecule has 0 radical (unpaired) electrons. The summed E-state index contributed by atoms with van der Waals surface area (Å²) in [6.07, 6.45) is 0.175. The van der Waals surface area contributed by atoms with Gasteiger partial charge in [0.25, 0.3) is 10.0 Å². The zero-order valence-corrected chi connectivity index (χ0v) is 10.8. The molecule has 1 rings (SSSR count). The number of aromatic nitrogens is 1. The monoisotopic (exact) mass is 274 g/mol. The lowest BCUT2D eigenvalue weighted by Crippen LogP contribution is -2.33. The molecule has 1 aromatic rings. The van der Waals surface area contributed by atoms with E-state index in [1.165, 1.54) is 20.0 Å². The van der Waals surface area contributed by atoms with Gasteiger partial charge in [0.2, 0.25) is 0 Å². The minimum absolute atomic E-state index is 0.0648. The molecule has 0 bridgehead atoms. The van der Waals surface area contributed by atoms with Crippen LogP contribution in [0.1, 0.15) is 17.3 Å². The molecule has 0 fully saturated rings. The molecule has 0 saturated carbocycles. The zero-order valence-electron chi connectivity index (χ0n) is 9.94. The Labute approximate surface area is 105 Å². The van der Waals surface area contributed by atoms with Gasteiger partial charge in [-0.25, -0.2) is 18.2 Å². The summed E-state index contributed by atoms with van der Waals surface area (Å²) in [6, 6.07) is 2.29. The highest BCUT2D eigenvalue weighted by atomic mass is 32.2. The van der Waals surface area contributed by atoms with Crippen LogP contribution in [0.2, 0.25) is 0 Å². The number of pyridine rings is 1. The highest BCUT2D eigenvalue weighted by molar-refractivity contribution is 7.89. The Bertz CT molecular complexity index is 524. The van der Waals surface area contributed by atoms with Crippen molar-refractivity contribution in [2.75, 3.05) is 13.6 Å². The molecule has 100 valence electrons. The van der Waals surface area contributed by atoms with Crippen LogP contribution in [0, 0.1) is 0 Å². The van der Waals surface area contributed by atoms with E-state index in [4.69, 9.17) is 10.2 Å². The van der Waals surface area contributed by atoms with Crippen molar-refractivity contribution in [3.8, 4) is 0 Å². The summed E-state index contributed by atoms with van der Waals surface area (Å²) in [5.74, 6) is -1.18. The van der Waals surface area contributed by atoms with E-state index in [0.29, 0.717) is 0 Å². The second-order valence-electron chi connectivity index (χ2n) is 3.82. The Balaban J connectivity index is 3.02. The van der Waals surface area contributed by atoms with Gasteiger partial charge in [-0.05, 0) is 19.1 Å². The number of nitrogens with zero attached hydrogens (tertiary/aromatic N) is 2. The van der Waals surface area contributed by atoms with Crippen LogP contribution < -0.4 is 0 Å². The predicted molar refractivity (Wildman–Crippen MR) is 62.7 cm³/mol. The summed E-state index contributed by atoms with van der Waals surface area (Å²) >= 11 is 0. The molecule has 18 heavy (non-hydrogen) atoms. The normalized spacial score (nSPS) is 13.6. The summed E-state index contributed by atoms with van der Waals surface area (Å²) in [4.78, 5) is 14.2. The highest BCUT2D eigenvalue weighted by Crippen LogP contribution is 2.12. The molecule has 1 unspecified atom stereocenters. The van der Waals surface area contributed by atoms with Crippen molar-refractivity contribution in [1.29, 1.82) is 0 Å². The molecule has 0 spiro atoms. The molecule has 0 saturated heterocycles. The first-order chi connectivity index (χ1) is 8.25. The number of aliphatic hydroxyl groups excluding tert-OH is 1. The van der Waals surface area contributed by atoms with E-state index in [1.54, 1.807) is 0 Å². The molecule has 7 nitrogen and oxygen atoms in total. The number of hydrogen-bond acceptors (Lipinski definition) is 5. The van der Waals surface area contributed by atoms with Gasteiger partial charge in [0, 0.05) is 19.8 Å². The summed E-state index contributed by atoms with van der Waals surface area (Å²) in [5.41, 5.74) is -0.0906. The lowest BCUT2D eigenvalue weighted by Gasteiger charge is -2.17. The van der Waals surface area contributed by atoms with E-state index >= 15 is 0 Å². The van der Waals surface area contributed by atoms with E-state index in [9.17, 15) is 13.2 Å². The van der Waals surface area contributed by atoms with Crippen molar-refractivity contribution in [2.45, 2.75) is 18.1 Å². The van der Waals surface area contributed by atoms with E-state index < -0.39 is 22.1 Å². The molecule has 0 aliphatic carbocycles. The fourth-order valence-electron chi connectivity index (χ4n) is 1.29. The maximum absolute atomic E-state index is 12.0. The maximum Gasteiger partial charge on any atom is 0.337 e. The van der Waals surface area contributed by atoms with Crippen LogP contribution in [-0.2, 0) is 10.0 Å². The van der Waals surface area contributed by atoms with E-state index in [0.717, 1.165) is 16.6 Å². The molecular weight excluding hydrogens is 260 g/mol. The number of carbonyl (C=O) groups is 1. The lowest BCUT2D eigenvalue weighted by molar-refractivity contribution is 0.0696. The van der Waals surface area contributed by atoms with Crippen molar-refractivity contribution in [3.05, 3.63) is 23.9 Å². The Morgan fingerprint density at radius 2 is 2.11 bits per heavy atom. The quantitative estimate of drug-likeness (QED) is 0.768. The Kier molecular flexibility index (Phi) is 4.38. The smallest absolute Gasteiger partial charge is 0.337 e. The van der Waals surface area contributed by atoms with Gasteiger partial charge in [-0.2, -0.15) is 4.31 Å². The van der Waals surface area contributed by atoms with Gasteiger partial charge in [0.15, 0.2) is 5.03 Å². The van der Waals surface area contributed by atoms with Crippen LogP contribution in [0.15, 0.2) is 23.4 Å². The molecule has 1 heterocycles. The highest BCUT2D eigenvalue weighted by Gasteiger charge is 2.23. The molecule has 1 atom stereocenters. The van der Waals surface area contributed by atoms with Gasteiger partial charge in [-0.1, -0.05) is 0 Å². The first kappa shape index (κ1) is 14.6. The molecule has 0 aliphatic heterocycles. The molecule has 0 amide bonds. The predicted octanol–water partition coefficient (Wildman–Crippen LogP) is -0.219. The summed E-state index contributed by atoms with van der Waals surface area (Å²) in [6.45, 7) is 1.40. The number of aromatic carboxylic acids is 1. The van der Waals surface area contributed by atoms with E-state index in [1.807, 2.05) is 0 Å². The third-order valence-corrected chi connectivity index (χ3v) is 3.92. The number of likely N-dealkylation sites (N-methyl/N-ethyl adjacent to an activating group) is 1. The third kappa shape index (κ3) is 3.25. The molecule has 0 aromatic carbocycles. The Morgan fingerprint density at radius 3 is 2.50 bits per heavy atom. The van der Waals surface area contributed by atoms with Crippen molar-refractivity contribution >= 4 is 16.0 Å². The van der Waals surface area contributed by atoms with Crippen LogP contribution in [-0.4, -0.2) is 53.6 Å². The lowest BCUT2D eigenvalue weighted by atomic mass is 10.3. The van der Waals surface area contributed by atoms with Gasteiger partial charge in [0.1, 0.15) is 0 Å². The number of carboxylic acid groups (broad SMARTS) is 1. The summed E-state index contributed by atoms with van der Waals surface area (Å²) in [7, 11) is -2.49. The standard InChI is InChI=1S/C10H14N2O5S/c1-7(13)6-12(2)18(16,17)9-4-3-8(5-11-9)10(14)15/h3-5,7,13H,6H2,1-2H3,(H,14,15). The van der Waals surface area contributed by atoms with Crippen molar-refractivity contribution in [2.24, 2.45) is 0 Å². The first-order valence-electron chi connectivity index (χ1n) is 5.09. The van der Waals surface area contributed by atoms with Gasteiger partial charge in [0.05, 0.1) is 11.7 Å². The van der Waals surface area contributed by atoms with Crippen LogP contribution in [0.25, 0.3) is 0 Å². The molecule has 8 heteroatoms. The topological polar surface area (TPSA) is 108 Å². The minimum Gasteiger partial charge on any atom is -0.478 e. The van der Waals surface area contributed by atoms with Crippen LogP contribution in [0.4, 0.5) is 0 Å². The second-order valence-corrected chi connectivity index (χ2v) is 5.82. The SMILES string of the molecule is CC(O)CN(C)S(=O)(=O)c1ccc(C(=O)O)cn1.